The molecule has 0 saturated heterocycles. The topological polar surface area (TPSA) is 40.5 Å². The number of aliphatic carboxylic acids is 1. The Balaban J connectivity index is 2.97. The molecule has 98 valence electrons. The van der Waals surface area contributed by atoms with Gasteiger partial charge >= 0.3 is 5.97 Å². The Morgan fingerprint density at radius 1 is 1.44 bits per heavy atom. The van der Waals surface area contributed by atoms with Gasteiger partial charge in [0.1, 0.15) is 0 Å². The standard InChI is InChI=1S/C15H21NO2/c1-4-7-12(2)16(3)14-9-6-5-8-13(14)10-11-15(17)18/h5-6,8-12H,4,7H2,1-3H3,(H,17,18)/b11-10+. The molecule has 1 unspecified atom stereocenters. The minimum absolute atomic E-state index is 0.439. The van der Waals surface area contributed by atoms with Crippen LogP contribution in [0.4, 0.5) is 5.69 Å². The third-order valence-corrected chi connectivity index (χ3v) is 3.09. The Morgan fingerprint density at radius 3 is 2.72 bits per heavy atom. The second-order valence-electron chi connectivity index (χ2n) is 4.48. The molecule has 0 amide bonds. The maximum absolute atomic E-state index is 10.6. The highest BCUT2D eigenvalue weighted by molar-refractivity contribution is 5.87. The fourth-order valence-corrected chi connectivity index (χ4v) is 1.96. The molecule has 0 spiro atoms. The minimum atomic E-state index is -0.922. The molecular weight excluding hydrogens is 226 g/mol. The molecule has 1 N–H and O–H groups in total. The molecule has 0 radical (unpaired) electrons. The van der Waals surface area contributed by atoms with Gasteiger partial charge in [-0.1, -0.05) is 31.5 Å². The number of anilines is 1. The first-order valence-electron chi connectivity index (χ1n) is 6.29. The molecular formula is C15H21NO2. The maximum Gasteiger partial charge on any atom is 0.328 e. The van der Waals surface area contributed by atoms with Crippen molar-refractivity contribution < 1.29 is 9.90 Å². The van der Waals surface area contributed by atoms with Gasteiger partial charge < -0.3 is 10.0 Å². The van der Waals surface area contributed by atoms with Gasteiger partial charge in [-0.15, -0.1) is 0 Å². The number of carboxylic acids is 1. The summed E-state index contributed by atoms with van der Waals surface area (Å²) < 4.78 is 0. The van der Waals surface area contributed by atoms with Crippen LogP contribution < -0.4 is 4.90 Å². The summed E-state index contributed by atoms with van der Waals surface area (Å²) >= 11 is 0. The second-order valence-corrected chi connectivity index (χ2v) is 4.48. The fraction of sp³-hybridized carbons (Fsp3) is 0.400. The summed E-state index contributed by atoms with van der Waals surface area (Å²) in [5.41, 5.74) is 2.00. The summed E-state index contributed by atoms with van der Waals surface area (Å²) in [6.07, 6.45) is 5.08. The van der Waals surface area contributed by atoms with E-state index in [0.717, 1.165) is 24.1 Å². The molecule has 0 saturated carbocycles. The zero-order valence-corrected chi connectivity index (χ0v) is 11.3. The van der Waals surface area contributed by atoms with Crippen LogP contribution in [0, 0.1) is 0 Å². The van der Waals surface area contributed by atoms with Gasteiger partial charge in [-0.25, -0.2) is 4.79 Å². The Morgan fingerprint density at radius 2 is 2.11 bits per heavy atom. The van der Waals surface area contributed by atoms with E-state index in [1.165, 1.54) is 6.08 Å². The lowest BCUT2D eigenvalue weighted by molar-refractivity contribution is -0.131. The number of hydrogen-bond donors (Lipinski definition) is 1. The van der Waals surface area contributed by atoms with Gasteiger partial charge in [-0.05, 0) is 31.1 Å². The van der Waals surface area contributed by atoms with Crippen LogP contribution in [0.5, 0.6) is 0 Å². The van der Waals surface area contributed by atoms with Gasteiger partial charge in [0, 0.05) is 24.9 Å². The van der Waals surface area contributed by atoms with Gasteiger partial charge in [-0.2, -0.15) is 0 Å². The molecule has 1 rings (SSSR count). The number of carbonyl (C=O) groups is 1. The van der Waals surface area contributed by atoms with Gasteiger partial charge in [0.25, 0.3) is 0 Å². The summed E-state index contributed by atoms with van der Waals surface area (Å²) in [6, 6.07) is 8.29. The molecule has 1 aromatic rings. The van der Waals surface area contributed by atoms with Crippen molar-refractivity contribution in [3.05, 3.63) is 35.9 Å². The molecule has 3 heteroatoms. The number of benzene rings is 1. The molecule has 0 aliphatic rings. The van der Waals surface area contributed by atoms with Gasteiger partial charge in [0.05, 0.1) is 0 Å². The molecule has 1 atom stereocenters. The van der Waals surface area contributed by atoms with Crippen molar-refractivity contribution in [1.29, 1.82) is 0 Å². The largest absolute Gasteiger partial charge is 0.478 e. The summed E-state index contributed by atoms with van der Waals surface area (Å²) in [4.78, 5) is 12.8. The third-order valence-electron chi connectivity index (χ3n) is 3.09. The summed E-state index contributed by atoms with van der Waals surface area (Å²) in [7, 11) is 2.05. The predicted molar refractivity (Wildman–Crippen MR) is 75.9 cm³/mol. The van der Waals surface area contributed by atoms with Crippen molar-refractivity contribution in [2.75, 3.05) is 11.9 Å². The molecule has 3 nitrogen and oxygen atoms in total. The van der Waals surface area contributed by atoms with Crippen LogP contribution in [-0.2, 0) is 4.79 Å². The molecule has 0 bridgehead atoms. The van der Waals surface area contributed by atoms with Crippen molar-refractivity contribution >= 4 is 17.7 Å². The van der Waals surface area contributed by atoms with Crippen LogP contribution >= 0.6 is 0 Å². The Bertz CT molecular complexity index is 426. The average molecular weight is 247 g/mol. The van der Waals surface area contributed by atoms with E-state index in [9.17, 15) is 4.79 Å². The molecule has 0 fully saturated rings. The lowest BCUT2D eigenvalue weighted by atomic mass is 10.1. The van der Waals surface area contributed by atoms with Crippen LogP contribution in [-0.4, -0.2) is 24.2 Å². The Hall–Kier alpha value is -1.77. The molecule has 0 aliphatic heterocycles. The highest BCUT2D eigenvalue weighted by Crippen LogP contribution is 2.23. The highest BCUT2D eigenvalue weighted by atomic mass is 16.4. The summed E-state index contributed by atoms with van der Waals surface area (Å²) in [5, 5.41) is 8.70. The van der Waals surface area contributed by atoms with Crippen LogP contribution in [0.1, 0.15) is 32.3 Å². The zero-order chi connectivity index (χ0) is 13.5. The summed E-state index contributed by atoms with van der Waals surface area (Å²) in [6.45, 7) is 4.35. The van der Waals surface area contributed by atoms with Crippen molar-refractivity contribution in [2.45, 2.75) is 32.7 Å². The monoisotopic (exact) mass is 247 g/mol. The second kappa shape index (κ2) is 6.84. The van der Waals surface area contributed by atoms with Crippen molar-refractivity contribution in [2.24, 2.45) is 0 Å². The molecule has 0 aromatic heterocycles. The molecule has 18 heavy (non-hydrogen) atoms. The van der Waals surface area contributed by atoms with Crippen LogP contribution in [0.15, 0.2) is 30.3 Å². The minimum Gasteiger partial charge on any atom is -0.478 e. The zero-order valence-electron chi connectivity index (χ0n) is 11.3. The van der Waals surface area contributed by atoms with Crippen molar-refractivity contribution in [1.82, 2.24) is 0 Å². The first-order valence-corrected chi connectivity index (χ1v) is 6.29. The Labute approximate surface area is 109 Å². The van der Waals surface area contributed by atoms with E-state index in [4.69, 9.17) is 5.11 Å². The van der Waals surface area contributed by atoms with E-state index < -0.39 is 5.97 Å². The fourth-order valence-electron chi connectivity index (χ4n) is 1.96. The van der Waals surface area contributed by atoms with Gasteiger partial charge in [0.15, 0.2) is 0 Å². The number of rotatable bonds is 6. The van der Waals surface area contributed by atoms with E-state index in [1.54, 1.807) is 6.08 Å². The van der Waals surface area contributed by atoms with E-state index in [-0.39, 0.29) is 0 Å². The van der Waals surface area contributed by atoms with Crippen LogP contribution in [0.2, 0.25) is 0 Å². The summed E-state index contributed by atoms with van der Waals surface area (Å²) in [5.74, 6) is -0.922. The number of para-hydroxylation sites is 1. The van der Waals surface area contributed by atoms with Crippen LogP contribution in [0.3, 0.4) is 0 Å². The van der Waals surface area contributed by atoms with Crippen molar-refractivity contribution in [3.63, 3.8) is 0 Å². The average Bonchev–Trinajstić information content (AvgIpc) is 2.36. The lowest BCUT2D eigenvalue weighted by Crippen LogP contribution is -2.29. The highest BCUT2D eigenvalue weighted by Gasteiger charge is 2.11. The normalized spacial score (nSPS) is 12.6. The van der Waals surface area contributed by atoms with Crippen molar-refractivity contribution in [3.8, 4) is 0 Å². The Kier molecular flexibility index (Phi) is 5.43. The predicted octanol–water partition coefficient (Wildman–Crippen LogP) is 3.41. The van der Waals surface area contributed by atoms with E-state index in [1.807, 2.05) is 31.3 Å². The number of nitrogens with zero attached hydrogens (tertiary/aromatic N) is 1. The number of carboxylic acid groups (broad SMARTS) is 1. The van der Waals surface area contributed by atoms with Gasteiger partial charge in [-0.3, -0.25) is 0 Å². The van der Waals surface area contributed by atoms with Gasteiger partial charge in [0.2, 0.25) is 0 Å². The lowest BCUT2D eigenvalue weighted by Gasteiger charge is -2.28. The molecule has 0 aliphatic carbocycles. The smallest absolute Gasteiger partial charge is 0.328 e. The first kappa shape index (κ1) is 14.3. The van der Waals surface area contributed by atoms with E-state index >= 15 is 0 Å². The third kappa shape index (κ3) is 3.91. The van der Waals surface area contributed by atoms with E-state index in [2.05, 4.69) is 18.7 Å². The SMILES string of the molecule is CCCC(C)N(C)c1ccccc1/C=C/C(=O)O. The number of hydrogen-bond acceptors (Lipinski definition) is 2. The molecule has 0 heterocycles. The van der Waals surface area contributed by atoms with E-state index in [0.29, 0.717) is 6.04 Å². The first-order chi connectivity index (χ1) is 8.56. The maximum atomic E-state index is 10.6. The molecule has 1 aromatic carbocycles. The quantitative estimate of drug-likeness (QED) is 0.783. The van der Waals surface area contributed by atoms with Crippen LogP contribution in [0.25, 0.3) is 6.08 Å².